The molecule has 1 heterocycles. The Balaban J connectivity index is 2.30. The summed E-state index contributed by atoms with van der Waals surface area (Å²) in [6.45, 7) is 2.24. The minimum Gasteiger partial charge on any atom is -0.481 e. The van der Waals surface area contributed by atoms with Gasteiger partial charge < -0.3 is 10.0 Å². The van der Waals surface area contributed by atoms with Crippen LogP contribution in [0.1, 0.15) is 19.8 Å². The number of hydrogen-bond donors (Lipinski definition) is 1. The summed E-state index contributed by atoms with van der Waals surface area (Å²) in [4.78, 5) is 16.2. The van der Waals surface area contributed by atoms with Crippen LogP contribution in [0.5, 0.6) is 0 Å². The molecule has 0 spiro atoms. The standard InChI is InChI=1S/C18H20F2N2O2S/c1-3-25-18-13(6-4-8-21-18)12-10-14(19)17(15(20)11-12)22(2)9-5-7-16(23)24/h4,6,8,10-11H,3,5,7,9H2,1-2H3,(H,23,24). The molecule has 0 unspecified atom stereocenters. The van der Waals surface area contributed by atoms with Crippen LogP contribution in [0.25, 0.3) is 11.1 Å². The van der Waals surface area contributed by atoms with Crippen LogP contribution >= 0.6 is 11.8 Å². The van der Waals surface area contributed by atoms with E-state index in [4.69, 9.17) is 5.11 Å². The molecule has 0 saturated carbocycles. The maximum Gasteiger partial charge on any atom is 0.303 e. The minimum atomic E-state index is -0.928. The van der Waals surface area contributed by atoms with Gasteiger partial charge in [-0.15, -0.1) is 11.8 Å². The molecule has 0 saturated heterocycles. The highest BCUT2D eigenvalue weighted by Gasteiger charge is 2.17. The highest BCUT2D eigenvalue weighted by molar-refractivity contribution is 7.99. The minimum absolute atomic E-state index is 0.0427. The molecule has 25 heavy (non-hydrogen) atoms. The first-order chi connectivity index (χ1) is 11.9. The van der Waals surface area contributed by atoms with Crippen molar-refractivity contribution in [3.8, 4) is 11.1 Å². The number of anilines is 1. The summed E-state index contributed by atoms with van der Waals surface area (Å²) in [5.41, 5.74) is 0.969. The second-order valence-electron chi connectivity index (χ2n) is 5.50. The lowest BCUT2D eigenvalue weighted by Gasteiger charge is -2.21. The van der Waals surface area contributed by atoms with Gasteiger partial charge in [0.2, 0.25) is 0 Å². The van der Waals surface area contributed by atoms with E-state index in [1.54, 1.807) is 25.4 Å². The third-order valence-corrected chi connectivity index (χ3v) is 4.53. The van der Waals surface area contributed by atoms with Crippen molar-refractivity contribution in [3.05, 3.63) is 42.1 Å². The maximum absolute atomic E-state index is 14.5. The van der Waals surface area contributed by atoms with E-state index in [9.17, 15) is 13.6 Å². The zero-order chi connectivity index (χ0) is 18.4. The molecule has 1 aromatic heterocycles. The first-order valence-electron chi connectivity index (χ1n) is 7.94. The summed E-state index contributed by atoms with van der Waals surface area (Å²) in [6.07, 6.45) is 1.92. The smallest absolute Gasteiger partial charge is 0.303 e. The molecular weight excluding hydrogens is 346 g/mol. The van der Waals surface area contributed by atoms with Gasteiger partial charge in [-0.25, -0.2) is 13.8 Å². The number of carboxylic acid groups (broad SMARTS) is 1. The Hall–Kier alpha value is -2.15. The number of nitrogens with zero attached hydrogens (tertiary/aromatic N) is 2. The van der Waals surface area contributed by atoms with Crippen molar-refractivity contribution >= 4 is 23.4 Å². The van der Waals surface area contributed by atoms with Gasteiger partial charge in [0, 0.05) is 31.8 Å². The Morgan fingerprint density at radius 1 is 1.32 bits per heavy atom. The number of thioether (sulfide) groups is 1. The number of aromatic nitrogens is 1. The van der Waals surface area contributed by atoms with Gasteiger partial charge >= 0.3 is 5.97 Å². The van der Waals surface area contributed by atoms with Crippen LogP contribution in [-0.4, -0.2) is 35.4 Å². The first kappa shape index (κ1) is 19.2. The number of benzene rings is 1. The van der Waals surface area contributed by atoms with Gasteiger partial charge in [0.25, 0.3) is 0 Å². The number of aliphatic carboxylic acids is 1. The molecule has 2 rings (SSSR count). The van der Waals surface area contributed by atoms with Gasteiger partial charge in [0.15, 0.2) is 0 Å². The number of carboxylic acids is 1. The quantitative estimate of drug-likeness (QED) is 0.700. The average molecular weight is 366 g/mol. The summed E-state index contributed by atoms with van der Waals surface area (Å²) >= 11 is 1.51. The predicted molar refractivity (Wildman–Crippen MR) is 96.1 cm³/mol. The van der Waals surface area contributed by atoms with E-state index in [1.165, 1.54) is 28.8 Å². The highest BCUT2D eigenvalue weighted by Crippen LogP contribution is 2.33. The topological polar surface area (TPSA) is 53.4 Å². The monoisotopic (exact) mass is 366 g/mol. The molecule has 4 nitrogen and oxygen atoms in total. The third-order valence-electron chi connectivity index (χ3n) is 3.65. The fourth-order valence-electron chi connectivity index (χ4n) is 2.53. The van der Waals surface area contributed by atoms with Crippen LogP contribution in [0.15, 0.2) is 35.5 Å². The van der Waals surface area contributed by atoms with E-state index in [-0.39, 0.29) is 18.7 Å². The molecule has 0 aliphatic heterocycles. The molecule has 0 bridgehead atoms. The largest absolute Gasteiger partial charge is 0.481 e. The summed E-state index contributed by atoms with van der Waals surface area (Å²) in [6, 6.07) is 6.11. The van der Waals surface area contributed by atoms with Crippen molar-refractivity contribution in [2.75, 3.05) is 24.2 Å². The van der Waals surface area contributed by atoms with Crippen LogP contribution in [0.2, 0.25) is 0 Å². The molecule has 0 aliphatic carbocycles. The van der Waals surface area contributed by atoms with Crippen molar-refractivity contribution in [2.45, 2.75) is 24.8 Å². The van der Waals surface area contributed by atoms with E-state index in [0.717, 1.165) is 10.8 Å². The summed E-state index contributed by atoms with van der Waals surface area (Å²) in [5, 5.41) is 9.39. The lowest BCUT2D eigenvalue weighted by molar-refractivity contribution is -0.137. The lowest BCUT2D eigenvalue weighted by Crippen LogP contribution is -2.21. The SMILES string of the molecule is CCSc1ncccc1-c1cc(F)c(N(C)CCCC(=O)O)c(F)c1. The zero-order valence-corrected chi connectivity index (χ0v) is 14.9. The van der Waals surface area contributed by atoms with Crippen LogP contribution in [0, 0.1) is 11.6 Å². The number of carbonyl (C=O) groups is 1. The lowest BCUT2D eigenvalue weighted by atomic mass is 10.1. The fraction of sp³-hybridized carbons (Fsp3) is 0.333. The molecule has 1 N–H and O–H groups in total. The molecule has 2 aromatic rings. The van der Waals surface area contributed by atoms with E-state index in [0.29, 0.717) is 17.5 Å². The van der Waals surface area contributed by atoms with Crippen molar-refractivity contribution in [3.63, 3.8) is 0 Å². The summed E-state index contributed by atoms with van der Waals surface area (Å²) in [7, 11) is 1.55. The first-order valence-corrected chi connectivity index (χ1v) is 8.92. The second kappa shape index (κ2) is 8.80. The van der Waals surface area contributed by atoms with Gasteiger partial charge in [0.05, 0.1) is 0 Å². The molecule has 0 radical (unpaired) electrons. The van der Waals surface area contributed by atoms with E-state index in [1.807, 2.05) is 6.92 Å². The zero-order valence-electron chi connectivity index (χ0n) is 14.1. The average Bonchev–Trinajstić information content (AvgIpc) is 2.54. The second-order valence-corrected chi connectivity index (χ2v) is 6.75. The number of hydrogen-bond acceptors (Lipinski definition) is 4. The highest BCUT2D eigenvalue weighted by atomic mass is 32.2. The third kappa shape index (κ3) is 4.92. The Morgan fingerprint density at radius 2 is 2.00 bits per heavy atom. The molecule has 7 heteroatoms. The van der Waals surface area contributed by atoms with Gasteiger partial charge in [-0.1, -0.05) is 13.0 Å². The Bertz CT molecular complexity index is 733. The van der Waals surface area contributed by atoms with Gasteiger partial charge in [-0.05, 0) is 35.9 Å². The predicted octanol–water partition coefficient (Wildman–Crippen LogP) is 4.44. The molecular formula is C18H20F2N2O2S. The Morgan fingerprint density at radius 3 is 2.60 bits per heavy atom. The molecule has 0 amide bonds. The van der Waals surface area contributed by atoms with Crippen LogP contribution < -0.4 is 4.90 Å². The molecule has 0 atom stereocenters. The molecule has 0 aliphatic rings. The van der Waals surface area contributed by atoms with E-state index in [2.05, 4.69) is 4.98 Å². The summed E-state index contributed by atoms with van der Waals surface area (Å²) in [5.74, 6) is -1.48. The normalized spacial score (nSPS) is 10.7. The van der Waals surface area contributed by atoms with Crippen LogP contribution in [0.4, 0.5) is 14.5 Å². The molecule has 0 fully saturated rings. The number of pyridine rings is 1. The molecule has 1 aromatic carbocycles. The van der Waals surface area contributed by atoms with Crippen molar-refractivity contribution in [1.82, 2.24) is 4.98 Å². The molecule has 134 valence electrons. The Kier molecular flexibility index (Phi) is 6.75. The van der Waals surface area contributed by atoms with Crippen molar-refractivity contribution < 1.29 is 18.7 Å². The number of halogens is 2. The van der Waals surface area contributed by atoms with Gasteiger partial charge in [-0.3, -0.25) is 4.79 Å². The van der Waals surface area contributed by atoms with E-state index >= 15 is 0 Å². The maximum atomic E-state index is 14.5. The van der Waals surface area contributed by atoms with Gasteiger partial charge in [0.1, 0.15) is 22.3 Å². The number of rotatable bonds is 8. The van der Waals surface area contributed by atoms with Crippen molar-refractivity contribution in [1.29, 1.82) is 0 Å². The fourth-order valence-corrected chi connectivity index (χ4v) is 3.28. The van der Waals surface area contributed by atoms with Crippen LogP contribution in [0.3, 0.4) is 0 Å². The van der Waals surface area contributed by atoms with Gasteiger partial charge in [-0.2, -0.15) is 0 Å². The van der Waals surface area contributed by atoms with E-state index < -0.39 is 17.6 Å². The Labute approximate surface area is 149 Å². The van der Waals surface area contributed by atoms with Crippen LogP contribution in [-0.2, 0) is 4.79 Å². The summed E-state index contributed by atoms with van der Waals surface area (Å²) < 4.78 is 29.1. The van der Waals surface area contributed by atoms with Crippen molar-refractivity contribution in [2.24, 2.45) is 0 Å².